The van der Waals surface area contributed by atoms with Gasteiger partial charge in [-0.05, 0) is 19.8 Å². The average molecular weight is 220 g/mol. The lowest BCUT2D eigenvalue weighted by atomic mass is 10.2. The molecule has 0 aromatic carbocycles. The Labute approximate surface area is 88.7 Å². The van der Waals surface area contributed by atoms with Crippen molar-refractivity contribution in [2.24, 2.45) is 5.92 Å². The molecule has 0 aromatic heterocycles. The predicted molar refractivity (Wildman–Crippen MR) is 58.5 cm³/mol. The average Bonchev–Trinajstić information content (AvgIpc) is 2.14. The number of carbonyl (C=O) groups excluding carboxylic acids is 1. The standard InChI is InChI=1S/C10H20O3S/c1-6-13-10(11)9(5)14(12)8(4)7(2)3/h7-9H,6H2,1-5H3. The third kappa shape index (κ3) is 3.78. The zero-order chi connectivity index (χ0) is 11.3. The molecule has 0 heterocycles. The second-order valence-corrected chi connectivity index (χ2v) is 5.78. The molecule has 3 atom stereocenters. The van der Waals surface area contributed by atoms with Crippen molar-refractivity contribution in [2.45, 2.75) is 45.1 Å². The Morgan fingerprint density at radius 2 is 1.79 bits per heavy atom. The van der Waals surface area contributed by atoms with Crippen LogP contribution in [-0.2, 0) is 20.3 Å². The number of hydrogen-bond donors (Lipinski definition) is 0. The molecule has 0 N–H and O–H groups in total. The Bertz CT molecular complexity index is 213. The fraction of sp³-hybridized carbons (Fsp3) is 0.900. The number of ether oxygens (including phenoxy) is 1. The summed E-state index contributed by atoms with van der Waals surface area (Å²) in [5.74, 6) is -0.0500. The van der Waals surface area contributed by atoms with Crippen LogP contribution in [0.15, 0.2) is 0 Å². The van der Waals surface area contributed by atoms with Gasteiger partial charge in [0.25, 0.3) is 0 Å². The summed E-state index contributed by atoms with van der Waals surface area (Å²) in [4.78, 5) is 11.3. The van der Waals surface area contributed by atoms with Gasteiger partial charge in [-0.3, -0.25) is 9.00 Å². The molecule has 3 nitrogen and oxygen atoms in total. The Morgan fingerprint density at radius 3 is 2.14 bits per heavy atom. The van der Waals surface area contributed by atoms with Gasteiger partial charge in [-0.15, -0.1) is 0 Å². The van der Waals surface area contributed by atoms with Crippen molar-refractivity contribution in [3.8, 4) is 0 Å². The van der Waals surface area contributed by atoms with Crippen molar-refractivity contribution in [2.75, 3.05) is 6.61 Å². The molecular formula is C10H20O3S. The van der Waals surface area contributed by atoms with Gasteiger partial charge in [-0.1, -0.05) is 20.8 Å². The van der Waals surface area contributed by atoms with Crippen molar-refractivity contribution in [3.63, 3.8) is 0 Å². The summed E-state index contributed by atoms with van der Waals surface area (Å²) >= 11 is 0. The van der Waals surface area contributed by atoms with Crippen molar-refractivity contribution < 1.29 is 13.7 Å². The molecule has 0 aromatic rings. The highest BCUT2D eigenvalue weighted by Crippen LogP contribution is 2.13. The van der Waals surface area contributed by atoms with Crippen molar-refractivity contribution in [1.29, 1.82) is 0 Å². The molecule has 0 aliphatic heterocycles. The first-order valence-electron chi connectivity index (χ1n) is 4.97. The molecule has 14 heavy (non-hydrogen) atoms. The van der Waals surface area contributed by atoms with Gasteiger partial charge >= 0.3 is 5.97 Å². The van der Waals surface area contributed by atoms with Crippen LogP contribution in [0, 0.1) is 5.92 Å². The maximum absolute atomic E-state index is 11.8. The minimum absolute atomic E-state index is 0.0226. The molecule has 0 saturated carbocycles. The number of hydrogen-bond acceptors (Lipinski definition) is 3. The third-order valence-electron chi connectivity index (χ3n) is 2.27. The molecule has 0 fully saturated rings. The van der Waals surface area contributed by atoms with Gasteiger partial charge in [0.15, 0.2) is 0 Å². The van der Waals surface area contributed by atoms with E-state index in [-0.39, 0.29) is 11.2 Å². The quantitative estimate of drug-likeness (QED) is 0.663. The molecule has 0 spiro atoms. The van der Waals surface area contributed by atoms with Crippen molar-refractivity contribution in [1.82, 2.24) is 0 Å². The van der Waals surface area contributed by atoms with Gasteiger partial charge in [-0.2, -0.15) is 0 Å². The number of rotatable bonds is 5. The van der Waals surface area contributed by atoms with Crippen molar-refractivity contribution >= 4 is 16.8 Å². The van der Waals surface area contributed by atoms with Crippen LogP contribution in [0.2, 0.25) is 0 Å². The van der Waals surface area contributed by atoms with Crippen LogP contribution in [0.25, 0.3) is 0 Å². The van der Waals surface area contributed by atoms with E-state index in [0.29, 0.717) is 12.5 Å². The van der Waals surface area contributed by atoms with Crippen molar-refractivity contribution in [3.05, 3.63) is 0 Å². The molecule has 3 unspecified atom stereocenters. The van der Waals surface area contributed by atoms with Gasteiger partial charge in [0, 0.05) is 16.0 Å². The number of esters is 1. The molecule has 84 valence electrons. The molecule has 0 bridgehead atoms. The fourth-order valence-corrected chi connectivity index (χ4v) is 2.38. The maximum atomic E-state index is 11.8. The molecule has 0 rings (SSSR count). The zero-order valence-corrected chi connectivity index (χ0v) is 10.4. The monoisotopic (exact) mass is 220 g/mol. The fourth-order valence-electron chi connectivity index (χ4n) is 0.945. The van der Waals surface area contributed by atoms with Crippen LogP contribution in [-0.4, -0.2) is 27.3 Å². The Hall–Kier alpha value is -0.380. The van der Waals surface area contributed by atoms with Crippen LogP contribution < -0.4 is 0 Å². The van der Waals surface area contributed by atoms with E-state index in [1.165, 1.54) is 0 Å². The van der Waals surface area contributed by atoms with E-state index in [2.05, 4.69) is 0 Å². The summed E-state index contributed by atoms with van der Waals surface area (Å²) in [6, 6.07) is 0. The Kier molecular flexibility index (Phi) is 6.00. The SMILES string of the molecule is CCOC(=O)C(C)S(=O)C(C)C(C)C. The van der Waals surface area contributed by atoms with Gasteiger partial charge in [0.05, 0.1) is 6.61 Å². The Balaban J connectivity index is 4.31. The summed E-state index contributed by atoms with van der Waals surface area (Å²) in [6.07, 6.45) is 0. The summed E-state index contributed by atoms with van der Waals surface area (Å²) in [5.41, 5.74) is 0. The van der Waals surface area contributed by atoms with Gasteiger partial charge in [-0.25, -0.2) is 0 Å². The van der Waals surface area contributed by atoms with E-state index >= 15 is 0 Å². The summed E-state index contributed by atoms with van der Waals surface area (Å²) in [7, 11) is -1.15. The van der Waals surface area contributed by atoms with E-state index in [0.717, 1.165) is 0 Å². The van der Waals surface area contributed by atoms with E-state index in [1.54, 1.807) is 13.8 Å². The predicted octanol–water partition coefficient (Wildman–Crippen LogP) is 1.73. The van der Waals surface area contributed by atoms with Crippen LogP contribution in [0.4, 0.5) is 0 Å². The molecule has 0 amide bonds. The highest BCUT2D eigenvalue weighted by Gasteiger charge is 2.26. The smallest absolute Gasteiger partial charge is 0.321 e. The largest absolute Gasteiger partial charge is 0.465 e. The zero-order valence-electron chi connectivity index (χ0n) is 9.57. The lowest BCUT2D eigenvalue weighted by molar-refractivity contribution is -0.142. The summed E-state index contributed by atoms with van der Waals surface area (Å²) in [5, 5.41) is -0.498. The summed E-state index contributed by atoms with van der Waals surface area (Å²) < 4.78 is 16.6. The first-order valence-corrected chi connectivity index (χ1v) is 6.25. The van der Waals surface area contributed by atoms with Crippen LogP contribution in [0.5, 0.6) is 0 Å². The molecular weight excluding hydrogens is 200 g/mol. The van der Waals surface area contributed by atoms with Crippen LogP contribution in [0.1, 0.15) is 34.6 Å². The maximum Gasteiger partial charge on any atom is 0.321 e. The van der Waals surface area contributed by atoms with Crippen LogP contribution in [0.3, 0.4) is 0 Å². The van der Waals surface area contributed by atoms with E-state index in [1.807, 2.05) is 20.8 Å². The topological polar surface area (TPSA) is 43.4 Å². The molecule has 0 radical (unpaired) electrons. The Morgan fingerprint density at radius 1 is 1.29 bits per heavy atom. The van der Waals surface area contributed by atoms with E-state index in [9.17, 15) is 9.00 Å². The molecule has 4 heteroatoms. The lowest BCUT2D eigenvalue weighted by Gasteiger charge is -2.18. The first kappa shape index (κ1) is 13.6. The summed E-state index contributed by atoms with van der Waals surface area (Å²) in [6.45, 7) is 9.65. The lowest BCUT2D eigenvalue weighted by Crippen LogP contribution is -2.32. The normalized spacial score (nSPS) is 17.6. The van der Waals surface area contributed by atoms with E-state index in [4.69, 9.17) is 4.74 Å². The minimum Gasteiger partial charge on any atom is -0.465 e. The molecule has 0 saturated heterocycles. The molecule has 0 aliphatic rings. The van der Waals surface area contributed by atoms with Crippen LogP contribution >= 0.6 is 0 Å². The third-order valence-corrected chi connectivity index (χ3v) is 4.44. The van der Waals surface area contributed by atoms with Gasteiger partial charge in [0.2, 0.25) is 0 Å². The highest BCUT2D eigenvalue weighted by molar-refractivity contribution is 7.87. The second-order valence-electron chi connectivity index (χ2n) is 3.67. The molecule has 0 aliphatic carbocycles. The second kappa shape index (κ2) is 6.17. The highest BCUT2D eigenvalue weighted by atomic mass is 32.2. The van der Waals surface area contributed by atoms with E-state index < -0.39 is 16.0 Å². The van der Waals surface area contributed by atoms with Gasteiger partial charge in [0.1, 0.15) is 5.25 Å². The van der Waals surface area contributed by atoms with Gasteiger partial charge < -0.3 is 4.74 Å². The first-order chi connectivity index (χ1) is 6.41. The minimum atomic E-state index is -1.15. The number of carbonyl (C=O) groups is 1.